The third kappa shape index (κ3) is 3.76. The lowest BCUT2D eigenvalue weighted by Crippen LogP contribution is -2.40. The van der Waals surface area contributed by atoms with Gasteiger partial charge in [0.25, 0.3) is 0 Å². The van der Waals surface area contributed by atoms with Gasteiger partial charge in [-0.3, -0.25) is 0 Å². The first kappa shape index (κ1) is 15.7. The molecular formula is C17H28N4O. The number of nitrogens with zero attached hydrogens (tertiary/aromatic N) is 4. The van der Waals surface area contributed by atoms with E-state index in [4.69, 9.17) is 9.72 Å². The van der Waals surface area contributed by atoms with Crippen LogP contribution in [0.5, 0.6) is 0 Å². The minimum Gasteiger partial charge on any atom is -0.375 e. The van der Waals surface area contributed by atoms with E-state index in [9.17, 15) is 0 Å². The Morgan fingerprint density at radius 1 is 1.23 bits per heavy atom. The van der Waals surface area contributed by atoms with Crippen LogP contribution in [-0.4, -0.2) is 60.3 Å². The van der Waals surface area contributed by atoms with Gasteiger partial charge in [0, 0.05) is 38.1 Å². The summed E-state index contributed by atoms with van der Waals surface area (Å²) in [4.78, 5) is 14.2. The van der Waals surface area contributed by atoms with Gasteiger partial charge in [0.1, 0.15) is 0 Å². The molecule has 2 aliphatic rings. The van der Waals surface area contributed by atoms with Crippen LogP contribution in [0, 0.1) is 6.92 Å². The Morgan fingerprint density at radius 3 is 2.82 bits per heavy atom. The molecule has 0 saturated carbocycles. The minimum atomic E-state index is 0.274. The van der Waals surface area contributed by atoms with Crippen molar-refractivity contribution in [1.29, 1.82) is 0 Å². The molecular weight excluding hydrogens is 276 g/mol. The fraction of sp³-hybridized carbons (Fsp3) is 0.765. The van der Waals surface area contributed by atoms with E-state index in [1.54, 1.807) is 0 Å². The molecule has 5 heteroatoms. The summed E-state index contributed by atoms with van der Waals surface area (Å²) < 4.78 is 6.06. The summed E-state index contributed by atoms with van der Waals surface area (Å²) in [5.74, 6) is 0.874. The van der Waals surface area contributed by atoms with Gasteiger partial charge in [-0.2, -0.15) is 0 Å². The molecule has 0 amide bonds. The summed E-state index contributed by atoms with van der Waals surface area (Å²) in [6.07, 6.45) is 6.91. The molecule has 2 saturated heterocycles. The average Bonchev–Trinajstić information content (AvgIpc) is 2.92. The molecule has 2 fully saturated rings. The second-order valence-electron chi connectivity index (χ2n) is 6.45. The van der Waals surface area contributed by atoms with Gasteiger partial charge in [-0.05, 0) is 51.3 Å². The highest BCUT2D eigenvalue weighted by Gasteiger charge is 2.24. The standard InChI is InChI=1S/C17H28N4O/c1-3-16-14(2)11-18-17(19-16)21-9-6-10-22-15(13-21)12-20-7-4-5-8-20/h11,15H,3-10,12-13H2,1-2H3/t15-/m1/s1. The van der Waals surface area contributed by atoms with Crippen molar-refractivity contribution in [3.63, 3.8) is 0 Å². The Hall–Kier alpha value is -1.20. The van der Waals surface area contributed by atoms with Gasteiger partial charge in [0.05, 0.1) is 6.10 Å². The fourth-order valence-corrected chi connectivity index (χ4v) is 3.42. The van der Waals surface area contributed by atoms with E-state index in [1.165, 1.54) is 31.5 Å². The summed E-state index contributed by atoms with van der Waals surface area (Å²) in [5, 5.41) is 0. The van der Waals surface area contributed by atoms with Gasteiger partial charge in [-0.15, -0.1) is 0 Å². The second-order valence-corrected chi connectivity index (χ2v) is 6.45. The Morgan fingerprint density at radius 2 is 2.05 bits per heavy atom. The van der Waals surface area contributed by atoms with Crippen molar-refractivity contribution in [2.75, 3.05) is 44.2 Å². The SMILES string of the molecule is CCc1nc(N2CCCO[C@H](CN3CCCC3)C2)ncc1C. The molecule has 1 aromatic rings. The van der Waals surface area contributed by atoms with Crippen LogP contribution in [0.2, 0.25) is 0 Å². The molecule has 1 atom stereocenters. The van der Waals surface area contributed by atoms with E-state index in [0.29, 0.717) is 0 Å². The topological polar surface area (TPSA) is 41.5 Å². The predicted octanol–water partition coefficient (Wildman–Crippen LogP) is 2.04. The summed E-state index contributed by atoms with van der Waals surface area (Å²) in [7, 11) is 0. The second kappa shape index (κ2) is 7.38. The monoisotopic (exact) mass is 304 g/mol. The zero-order valence-corrected chi connectivity index (χ0v) is 13.9. The van der Waals surface area contributed by atoms with Crippen LogP contribution in [0.4, 0.5) is 5.95 Å². The number of ether oxygens (including phenoxy) is 1. The van der Waals surface area contributed by atoms with Crippen LogP contribution < -0.4 is 4.90 Å². The van der Waals surface area contributed by atoms with E-state index in [2.05, 4.69) is 28.6 Å². The first-order chi connectivity index (χ1) is 10.8. The molecule has 122 valence electrons. The van der Waals surface area contributed by atoms with Crippen LogP contribution in [-0.2, 0) is 11.2 Å². The summed E-state index contributed by atoms with van der Waals surface area (Å²) in [6, 6.07) is 0. The number of aryl methyl sites for hydroxylation is 2. The molecule has 0 bridgehead atoms. The van der Waals surface area contributed by atoms with Crippen LogP contribution in [0.25, 0.3) is 0 Å². The molecule has 1 aromatic heterocycles. The summed E-state index contributed by atoms with van der Waals surface area (Å²) in [6.45, 7) is 10.5. The maximum absolute atomic E-state index is 6.06. The summed E-state index contributed by atoms with van der Waals surface area (Å²) >= 11 is 0. The molecule has 3 heterocycles. The van der Waals surface area contributed by atoms with Crippen LogP contribution >= 0.6 is 0 Å². The van der Waals surface area contributed by atoms with Crippen LogP contribution in [0.15, 0.2) is 6.20 Å². The zero-order valence-electron chi connectivity index (χ0n) is 13.9. The van der Waals surface area contributed by atoms with Crippen LogP contribution in [0.3, 0.4) is 0 Å². The minimum absolute atomic E-state index is 0.274. The van der Waals surface area contributed by atoms with Crippen molar-refractivity contribution in [2.24, 2.45) is 0 Å². The van der Waals surface area contributed by atoms with Gasteiger partial charge < -0.3 is 14.5 Å². The first-order valence-electron chi connectivity index (χ1n) is 8.67. The van der Waals surface area contributed by atoms with Crippen molar-refractivity contribution < 1.29 is 4.74 Å². The fourth-order valence-electron chi connectivity index (χ4n) is 3.42. The first-order valence-corrected chi connectivity index (χ1v) is 8.67. The van der Waals surface area contributed by atoms with Crippen molar-refractivity contribution in [2.45, 2.75) is 45.6 Å². The summed E-state index contributed by atoms with van der Waals surface area (Å²) in [5.41, 5.74) is 2.34. The Labute approximate surface area is 133 Å². The average molecular weight is 304 g/mol. The van der Waals surface area contributed by atoms with Gasteiger partial charge >= 0.3 is 0 Å². The quantitative estimate of drug-likeness (QED) is 0.851. The number of hydrogen-bond acceptors (Lipinski definition) is 5. The lowest BCUT2D eigenvalue weighted by atomic mass is 10.2. The van der Waals surface area contributed by atoms with Crippen molar-refractivity contribution in [3.05, 3.63) is 17.5 Å². The smallest absolute Gasteiger partial charge is 0.225 e. The molecule has 22 heavy (non-hydrogen) atoms. The Balaban J connectivity index is 1.68. The molecule has 3 rings (SSSR count). The lowest BCUT2D eigenvalue weighted by Gasteiger charge is -2.27. The van der Waals surface area contributed by atoms with Gasteiger partial charge in [0.15, 0.2) is 0 Å². The normalized spacial score (nSPS) is 23.7. The number of likely N-dealkylation sites (tertiary alicyclic amines) is 1. The molecule has 0 unspecified atom stereocenters. The third-order valence-electron chi connectivity index (χ3n) is 4.69. The van der Waals surface area contributed by atoms with E-state index in [0.717, 1.165) is 50.7 Å². The highest BCUT2D eigenvalue weighted by Crippen LogP contribution is 2.17. The number of aromatic nitrogens is 2. The molecule has 0 aliphatic carbocycles. The van der Waals surface area contributed by atoms with E-state index >= 15 is 0 Å². The number of hydrogen-bond donors (Lipinski definition) is 0. The van der Waals surface area contributed by atoms with Crippen molar-refractivity contribution >= 4 is 5.95 Å². The predicted molar refractivity (Wildman–Crippen MR) is 88.4 cm³/mol. The van der Waals surface area contributed by atoms with E-state index < -0.39 is 0 Å². The molecule has 0 spiro atoms. The number of rotatable bonds is 4. The van der Waals surface area contributed by atoms with Crippen molar-refractivity contribution in [1.82, 2.24) is 14.9 Å². The van der Waals surface area contributed by atoms with Crippen molar-refractivity contribution in [3.8, 4) is 0 Å². The largest absolute Gasteiger partial charge is 0.375 e. The highest BCUT2D eigenvalue weighted by molar-refractivity contribution is 5.33. The Bertz CT molecular complexity index is 488. The molecule has 0 N–H and O–H groups in total. The lowest BCUT2D eigenvalue weighted by molar-refractivity contribution is 0.0450. The molecule has 0 aromatic carbocycles. The maximum Gasteiger partial charge on any atom is 0.225 e. The van der Waals surface area contributed by atoms with Gasteiger partial charge in [-0.1, -0.05) is 6.92 Å². The van der Waals surface area contributed by atoms with Gasteiger partial charge in [0.2, 0.25) is 5.95 Å². The molecule has 0 radical (unpaired) electrons. The molecule has 5 nitrogen and oxygen atoms in total. The zero-order chi connectivity index (χ0) is 15.4. The van der Waals surface area contributed by atoms with Crippen LogP contribution in [0.1, 0.15) is 37.4 Å². The molecule has 2 aliphatic heterocycles. The van der Waals surface area contributed by atoms with E-state index in [1.807, 2.05) is 6.20 Å². The van der Waals surface area contributed by atoms with Gasteiger partial charge in [-0.25, -0.2) is 9.97 Å². The third-order valence-corrected chi connectivity index (χ3v) is 4.69. The Kier molecular flexibility index (Phi) is 5.26. The highest BCUT2D eigenvalue weighted by atomic mass is 16.5. The van der Waals surface area contributed by atoms with E-state index in [-0.39, 0.29) is 6.10 Å². The maximum atomic E-state index is 6.06. The number of anilines is 1.